The molecule has 0 spiro atoms. The molecule has 3 rings (SSSR count). The number of rotatable bonds is 6. The summed E-state index contributed by atoms with van der Waals surface area (Å²) in [5.41, 5.74) is 1.07. The second-order valence-electron chi connectivity index (χ2n) is 5.93. The topological polar surface area (TPSA) is 104 Å². The molecule has 2 aromatic rings. The molecule has 7 nitrogen and oxygen atoms in total. The van der Waals surface area contributed by atoms with E-state index in [9.17, 15) is 24.8 Å². The average molecular weight is 413 g/mol. The molecule has 2 aromatic carbocycles. The number of thioether (sulfide) groups is 1. The number of hydrogen-bond acceptors (Lipinski definition) is 7. The standard InChI is InChI=1S/C19H14N2O5S2/c22-17-16(11-13-7-4-8-14(9-13)21(25)26)28-19(27)20(17)15(18(23)24)10-12-5-2-1-3-6-12/h1-9,11,15H,10H2,(H,23,24)/p-1/b16-11+/t15-/m0/s1. The predicted octanol–water partition coefficient (Wildman–Crippen LogP) is 2.16. The lowest BCUT2D eigenvalue weighted by Crippen LogP contribution is -2.51. The molecule has 0 saturated carbocycles. The summed E-state index contributed by atoms with van der Waals surface area (Å²) in [6.45, 7) is 0. The Hall–Kier alpha value is -3.04. The van der Waals surface area contributed by atoms with Crippen LogP contribution in [0.25, 0.3) is 6.08 Å². The Labute approximate surface area is 169 Å². The SMILES string of the molecule is O=C([O-])[C@H](Cc1ccccc1)N1C(=O)/C(=C\c2cccc([N+](=O)[O-])c2)SC1=S. The van der Waals surface area contributed by atoms with Crippen molar-refractivity contribution in [1.29, 1.82) is 0 Å². The van der Waals surface area contributed by atoms with Gasteiger partial charge in [-0.1, -0.05) is 66.4 Å². The van der Waals surface area contributed by atoms with Crippen molar-refractivity contribution in [3.05, 3.63) is 80.7 Å². The van der Waals surface area contributed by atoms with E-state index in [1.165, 1.54) is 24.3 Å². The Morgan fingerprint density at radius 1 is 1.21 bits per heavy atom. The third-order valence-corrected chi connectivity index (χ3v) is 5.39. The Kier molecular flexibility index (Phi) is 5.86. The van der Waals surface area contributed by atoms with E-state index in [2.05, 4.69) is 0 Å². The summed E-state index contributed by atoms with van der Waals surface area (Å²) < 4.78 is 0.104. The van der Waals surface area contributed by atoms with E-state index in [1.807, 2.05) is 0 Å². The second-order valence-corrected chi connectivity index (χ2v) is 7.60. The van der Waals surface area contributed by atoms with Crippen LogP contribution in [0.4, 0.5) is 5.69 Å². The number of carboxylic acids is 1. The first-order valence-electron chi connectivity index (χ1n) is 8.13. The van der Waals surface area contributed by atoms with Crippen LogP contribution < -0.4 is 5.11 Å². The van der Waals surface area contributed by atoms with Gasteiger partial charge in [0, 0.05) is 12.1 Å². The summed E-state index contributed by atoms with van der Waals surface area (Å²) in [6, 6.07) is 13.4. The molecule has 1 aliphatic rings. The van der Waals surface area contributed by atoms with Crippen molar-refractivity contribution in [2.45, 2.75) is 12.5 Å². The maximum absolute atomic E-state index is 12.8. The van der Waals surface area contributed by atoms with E-state index in [1.54, 1.807) is 36.4 Å². The fourth-order valence-electron chi connectivity index (χ4n) is 2.75. The summed E-state index contributed by atoms with van der Waals surface area (Å²) in [7, 11) is 0. The fraction of sp³-hybridized carbons (Fsp3) is 0.105. The van der Waals surface area contributed by atoms with Gasteiger partial charge in [0.1, 0.15) is 4.32 Å². The van der Waals surface area contributed by atoms with Crippen molar-refractivity contribution < 1.29 is 19.6 Å². The van der Waals surface area contributed by atoms with E-state index in [4.69, 9.17) is 12.2 Å². The molecule has 1 amide bonds. The molecule has 142 valence electrons. The Bertz CT molecular complexity index is 991. The molecular weight excluding hydrogens is 400 g/mol. The van der Waals surface area contributed by atoms with Crippen molar-refractivity contribution in [1.82, 2.24) is 4.90 Å². The Morgan fingerprint density at radius 2 is 1.93 bits per heavy atom. The van der Waals surface area contributed by atoms with Gasteiger partial charge in [-0.25, -0.2) is 0 Å². The smallest absolute Gasteiger partial charge is 0.270 e. The minimum absolute atomic E-state index is 0.0553. The van der Waals surface area contributed by atoms with Gasteiger partial charge >= 0.3 is 0 Å². The van der Waals surface area contributed by atoms with Crippen LogP contribution in [0.3, 0.4) is 0 Å². The van der Waals surface area contributed by atoms with Crippen LogP contribution >= 0.6 is 24.0 Å². The number of aliphatic carboxylic acids is 1. The number of amides is 1. The molecule has 1 heterocycles. The molecule has 9 heteroatoms. The first-order chi connectivity index (χ1) is 13.4. The van der Waals surface area contributed by atoms with E-state index in [0.717, 1.165) is 22.2 Å². The molecule has 0 radical (unpaired) electrons. The van der Waals surface area contributed by atoms with Gasteiger partial charge in [-0.3, -0.25) is 19.8 Å². The lowest BCUT2D eigenvalue weighted by atomic mass is 10.0. The largest absolute Gasteiger partial charge is 0.548 e. The van der Waals surface area contributed by atoms with Crippen LogP contribution in [-0.4, -0.2) is 32.1 Å². The van der Waals surface area contributed by atoms with Crippen molar-refractivity contribution in [3.8, 4) is 0 Å². The molecular formula is C19H13N2O5S2-. The maximum Gasteiger partial charge on any atom is 0.270 e. The average Bonchev–Trinajstić information content (AvgIpc) is 2.94. The highest BCUT2D eigenvalue weighted by Gasteiger charge is 2.37. The molecule has 1 atom stereocenters. The molecule has 1 saturated heterocycles. The van der Waals surface area contributed by atoms with Crippen LogP contribution in [0.2, 0.25) is 0 Å². The van der Waals surface area contributed by atoms with E-state index in [0.29, 0.717) is 5.56 Å². The summed E-state index contributed by atoms with van der Waals surface area (Å²) in [5.74, 6) is -1.97. The van der Waals surface area contributed by atoms with E-state index < -0.39 is 22.8 Å². The summed E-state index contributed by atoms with van der Waals surface area (Å²) in [5, 5.41) is 22.6. The highest BCUT2D eigenvalue weighted by atomic mass is 32.2. The third-order valence-electron chi connectivity index (χ3n) is 4.06. The van der Waals surface area contributed by atoms with Crippen LogP contribution in [0.5, 0.6) is 0 Å². The van der Waals surface area contributed by atoms with Crippen molar-refractivity contribution in [3.63, 3.8) is 0 Å². The number of nitrogens with zero attached hydrogens (tertiary/aromatic N) is 2. The van der Waals surface area contributed by atoms with Crippen LogP contribution in [-0.2, 0) is 16.0 Å². The van der Waals surface area contributed by atoms with Crippen LogP contribution in [0.1, 0.15) is 11.1 Å². The van der Waals surface area contributed by atoms with Crippen molar-refractivity contribution >= 4 is 51.9 Å². The van der Waals surface area contributed by atoms with E-state index >= 15 is 0 Å². The second kappa shape index (κ2) is 8.32. The highest BCUT2D eigenvalue weighted by Crippen LogP contribution is 2.35. The van der Waals surface area contributed by atoms with Gasteiger partial charge in [0.05, 0.1) is 21.8 Å². The van der Waals surface area contributed by atoms with Crippen molar-refractivity contribution in [2.24, 2.45) is 0 Å². The highest BCUT2D eigenvalue weighted by molar-refractivity contribution is 8.26. The number of non-ortho nitro benzene ring substituents is 1. The molecule has 1 aliphatic heterocycles. The molecule has 0 aromatic heterocycles. The maximum atomic E-state index is 12.8. The molecule has 0 aliphatic carbocycles. The van der Waals surface area contributed by atoms with Gasteiger partial charge in [0.15, 0.2) is 0 Å². The Balaban J connectivity index is 1.88. The van der Waals surface area contributed by atoms with Crippen molar-refractivity contribution in [2.75, 3.05) is 0 Å². The number of carbonyl (C=O) groups is 2. The zero-order valence-corrected chi connectivity index (χ0v) is 15.9. The monoisotopic (exact) mass is 413 g/mol. The van der Waals surface area contributed by atoms with Gasteiger partial charge in [0.2, 0.25) is 0 Å². The van der Waals surface area contributed by atoms with Gasteiger partial charge in [-0.05, 0) is 23.6 Å². The number of hydrogen-bond donors (Lipinski definition) is 0. The third kappa shape index (κ3) is 4.26. The molecule has 1 fully saturated rings. The number of nitro groups is 1. The number of thiocarbonyl (C=S) groups is 1. The minimum atomic E-state index is -1.41. The lowest BCUT2D eigenvalue weighted by molar-refractivity contribution is -0.384. The fourth-order valence-corrected chi connectivity index (χ4v) is 4.10. The molecule has 0 N–H and O–H groups in total. The normalized spacial score (nSPS) is 16.4. The molecule has 0 unspecified atom stereocenters. The van der Waals surface area contributed by atoms with Gasteiger partial charge < -0.3 is 9.90 Å². The number of carboxylic acid groups (broad SMARTS) is 1. The van der Waals surface area contributed by atoms with E-state index in [-0.39, 0.29) is 21.3 Å². The first kappa shape index (κ1) is 19.7. The van der Waals surface area contributed by atoms with Gasteiger partial charge in [-0.15, -0.1) is 0 Å². The summed E-state index contributed by atoms with van der Waals surface area (Å²) in [6.07, 6.45) is 1.51. The number of nitro benzene ring substituents is 1. The van der Waals surface area contributed by atoms with Gasteiger partial charge in [0.25, 0.3) is 11.6 Å². The zero-order valence-electron chi connectivity index (χ0n) is 14.3. The molecule has 28 heavy (non-hydrogen) atoms. The lowest BCUT2D eigenvalue weighted by Gasteiger charge is -2.27. The molecule has 0 bridgehead atoms. The first-order valence-corrected chi connectivity index (χ1v) is 9.35. The summed E-state index contributed by atoms with van der Waals surface area (Å²) >= 11 is 6.17. The number of carbonyl (C=O) groups excluding carboxylic acids is 2. The number of benzene rings is 2. The van der Waals surface area contributed by atoms with Crippen LogP contribution in [0.15, 0.2) is 59.5 Å². The quantitative estimate of drug-likeness (QED) is 0.309. The van der Waals surface area contributed by atoms with Crippen LogP contribution in [0, 0.1) is 10.1 Å². The van der Waals surface area contributed by atoms with Gasteiger partial charge in [-0.2, -0.15) is 0 Å². The minimum Gasteiger partial charge on any atom is -0.548 e. The summed E-state index contributed by atoms with van der Waals surface area (Å²) in [4.78, 5) is 36.1. The predicted molar refractivity (Wildman–Crippen MR) is 107 cm³/mol. The zero-order chi connectivity index (χ0) is 20.3. The Morgan fingerprint density at radius 3 is 2.57 bits per heavy atom.